The summed E-state index contributed by atoms with van der Waals surface area (Å²) in [7, 11) is 0. The predicted octanol–water partition coefficient (Wildman–Crippen LogP) is 3.90. The van der Waals surface area contributed by atoms with Crippen LogP contribution in [-0.2, 0) is 0 Å². The van der Waals surface area contributed by atoms with Gasteiger partial charge in [0.2, 0.25) is 0 Å². The van der Waals surface area contributed by atoms with Crippen molar-refractivity contribution in [3.8, 4) is 0 Å². The zero-order chi connectivity index (χ0) is 10.6. The van der Waals surface area contributed by atoms with Gasteiger partial charge in [-0.25, -0.2) is 0 Å². The first-order valence-electron chi connectivity index (χ1n) is 5.15. The summed E-state index contributed by atoms with van der Waals surface area (Å²) in [6.07, 6.45) is 1.17. The molecule has 0 spiro atoms. The molecule has 1 rings (SSSR count). The molecule has 1 nitrogen and oxygen atoms in total. The normalized spacial score (nSPS) is 15.1. The minimum Gasteiger partial charge on any atom is -0.308 e. The Bertz CT molecular complexity index is 285. The van der Waals surface area contributed by atoms with E-state index >= 15 is 0 Å². The first-order chi connectivity index (χ1) is 6.63. The molecule has 0 saturated carbocycles. The summed E-state index contributed by atoms with van der Waals surface area (Å²) < 4.78 is 1.15. The van der Waals surface area contributed by atoms with E-state index in [0.717, 1.165) is 4.47 Å². The second-order valence-electron chi connectivity index (χ2n) is 3.75. The zero-order valence-corrected chi connectivity index (χ0v) is 10.6. The van der Waals surface area contributed by atoms with Crippen molar-refractivity contribution in [3.63, 3.8) is 0 Å². The standard InChI is InChI=1S/C12H18BrN/c1-4-9(2)14-10(3)11-6-5-7-12(13)8-11/h5-10,14H,4H2,1-3H3/t9-,10+/m0/s1. The molecule has 0 bridgehead atoms. The molecular weight excluding hydrogens is 238 g/mol. The monoisotopic (exact) mass is 255 g/mol. The van der Waals surface area contributed by atoms with Gasteiger partial charge in [-0.2, -0.15) is 0 Å². The highest BCUT2D eigenvalue weighted by Gasteiger charge is 2.07. The summed E-state index contributed by atoms with van der Waals surface area (Å²) >= 11 is 3.49. The fourth-order valence-corrected chi connectivity index (χ4v) is 1.83. The third kappa shape index (κ3) is 3.43. The van der Waals surface area contributed by atoms with Crippen LogP contribution in [0.4, 0.5) is 0 Å². The molecule has 0 aromatic heterocycles. The number of rotatable bonds is 4. The van der Waals surface area contributed by atoms with Crippen LogP contribution in [0.15, 0.2) is 28.7 Å². The number of halogens is 1. The van der Waals surface area contributed by atoms with Gasteiger partial charge in [0.15, 0.2) is 0 Å². The Morgan fingerprint density at radius 3 is 2.64 bits per heavy atom. The van der Waals surface area contributed by atoms with Crippen molar-refractivity contribution in [1.82, 2.24) is 5.32 Å². The molecule has 0 aliphatic rings. The Morgan fingerprint density at radius 1 is 1.36 bits per heavy atom. The van der Waals surface area contributed by atoms with Gasteiger partial charge in [0.1, 0.15) is 0 Å². The quantitative estimate of drug-likeness (QED) is 0.861. The lowest BCUT2D eigenvalue weighted by atomic mass is 10.1. The van der Waals surface area contributed by atoms with E-state index < -0.39 is 0 Å². The molecule has 0 amide bonds. The van der Waals surface area contributed by atoms with E-state index in [1.165, 1.54) is 12.0 Å². The molecule has 0 radical (unpaired) electrons. The lowest BCUT2D eigenvalue weighted by Gasteiger charge is -2.19. The summed E-state index contributed by atoms with van der Waals surface area (Å²) in [5, 5.41) is 3.55. The first-order valence-corrected chi connectivity index (χ1v) is 5.94. The van der Waals surface area contributed by atoms with Gasteiger partial charge in [0.25, 0.3) is 0 Å². The van der Waals surface area contributed by atoms with Crippen LogP contribution in [0.3, 0.4) is 0 Å². The lowest BCUT2D eigenvalue weighted by Crippen LogP contribution is -2.28. The van der Waals surface area contributed by atoms with Gasteiger partial charge >= 0.3 is 0 Å². The first kappa shape index (κ1) is 11.7. The van der Waals surface area contributed by atoms with E-state index in [-0.39, 0.29) is 0 Å². The van der Waals surface area contributed by atoms with Crippen molar-refractivity contribution >= 4 is 15.9 Å². The van der Waals surface area contributed by atoms with Crippen LogP contribution in [0.2, 0.25) is 0 Å². The van der Waals surface area contributed by atoms with Gasteiger partial charge in [-0.15, -0.1) is 0 Å². The van der Waals surface area contributed by atoms with Gasteiger partial charge in [-0.3, -0.25) is 0 Å². The van der Waals surface area contributed by atoms with Crippen LogP contribution in [0.1, 0.15) is 38.8 Å². The summed E-state index contributed by atoms with van der Waals surface area (Å²) in [6.45, 7) is 6.62. The predicted molar refractivity (Wildman–Crippen MR) is 65.4 cm³/mol. The Kier molecular flexibility index (Phi) is 4.63. The molecule has 2 heteroatoms. The molecule has 2 atom stereocenters. The number of hydrogen-bond acceptors (Lipinski definition) is 1. The summed E-state index contributed by atoms with van der Waals surface area (Å²) in [5.74, 6) is 0. The van der Waals surface area contributed by atoms with E-state index in [9.17, 15) is 0 Å². The fourth-order valence-electron chi connectivity index (χ4n) is 1.42. The topological polar surface area (TPSA) is 12.0 Å². The van der Waals surface area contributed by atoms with Crippen LogP contribution < -0.4 is 5.32 Å². The molecule has 0 aliphatic heterocycles. The van der Waals surface area contributed by atoms with E-state index in [1.54, 1.807) is 0 Å². The summed E-state index contributed by atoms with van der Waals surface area (Å²) in [5.41, 5.74) is 1.33. The molecule has 0 saturated heterocycles. The van der Waals surface area contributed by atoms with Crippen molar-refractivity contribution < 1.29 is 0 Å². The zero-order valence-electron chi connectivity index (χ0n) is 9.05. The molecule has 0 unspecified atom stereocenters. The Balaban J connectivity index is 2.64. The molecule has 1 aromatic rings. The minimum absolute atomic E-state index is 0.419. The largest absolute Gasteiger partial charge is 0.308 e. The van der Waals surface area contributed by atoms with Crippen molar-refractivity contribution in [2.24, 2.45) is 0 Å². The van der Waals surface area contributed by atoms with Crippen LogP contribution in [0.5, 0.6) is 0 Å². The van der Waals surface area contributed by atoms with Crippen molar-refractivity contribution in [1.29, 1.82) is 0 Å². The molecule has 1 aromatic carbocycles. The third-order valence-electron chi connectivity index (χ3n) is 2.50. The van der Waals surface area contributed by atoms with Gasteiger partial charge in [-0.1, -0.05) is 35.0 Å². The maximum atomic E-state index is 3.55. The van der Waals surface area contributed by atoms with Crippen LogP contribution in [0, 0.1) is 0 Å². The fraction of sp³-hybridized carbons (Fsp3) is 0.500. The van der Waals surface area contributed by atoms with Crippen LogP contribution in [0.25, 0.3) is 0 Å². The second-order valence-corrected chi connectivity index (χ2v) is 4.67. The summed E-state index contributed by atoms with van der Waals surface area (Å²) in [6, 6.07) is 9.45. The maximum Gasteiger partial charge on any atom is 0.0294 e. The number of hydrogen-bond donors (Lipinski definition) is 1. The average molecular weight is 256 g/mol. The van der Waals surface area contributed by atoms with E-state index in [1.807, 2.05) is 0 Å². The van der Waals surface area contributed by atoms with E-state index in [0.29, 0.717) is 12.1 Å². The molecular formula is C12H18BrN. The molecule has 78 valence electrons. The molecule has 0 aliphatic carbocycles. The highest BCUT2D eigenvalue weighted by Crippen LogP contribution is 2.18. The Hall–Kier alpha value is -0.340. The van der Waals surface area contributed by atoms with E-state index in [2.05, 4.69) is 66.3 Å². The molecule has 0 fully saturated rings. The van der Waals surface area contributed by atoms with Crippen molar-refractivity contribution in [2.45, 2.75) is 39.3 Å². The van der Waals surface area contributed by atoms with Crippen LogP contribution >= 0.6 is 15.9 Å². The highest BCUT2D eigenvalue weighted by atomic mass is 79.9. The van der Waals surface area contributed by atoms with Gasteiger partial charge in [-0.05, 0) is 38.0 Å². The second kappa shape index (κ2) is 5.52. The molecule has 1 N–H and O–H groups in total. The third-order valence-corrected chi connectivity index (χ3v) is 2.99. The minimum atomic E-state index is 0.419. The smallest absolute Gasteiger partial charge is 0.0294 e. The van der Waals surface area contributed by atoms with Crippen molar-refractivity contribution in [2.75, 3.05) is 0 Å². The number of benzene rings is 1. The van der Waals surface area contributed by atoms with Gasteiger partial charge in [0, 0.05) is 16.6 Å². The van der Waals surface area contributed by atoms with Crippen molar-refractivity contribution in [3.05, 3.63) is 34.3 Å². The number of nitrogens with one attached hydrogen (secondary N) is 1. The average Bonchev–Trinajstić information content (AvgIpc) is 2.17. The lowest BCUT2D eigenvalue weighted by molar-refractivity contribution is 0.469. The Morgan fingerprint density at radius 2 is 2.07 bits per heavy atom. The van der Waals surface area contributed by atoms with Crippen LogP contribution in [-0.4, -0.2) is 6.04 Å². The van der Waals surface area contributed by atoms with Gasteiger partial charge in [0.05, 0.1) is 0 Å². The highest BCUT2D eigenvalue weighted by molar-refractivity contribution is 9.10. The SMILES string of the molecule is CC[C@H](C)N[C@H](C)c1cccc(Br)c1. The maximum absolute atomic E-state index is 3.55. The molecule has 0 heterocycles. The van der Waals surface area contributed by atoms with Gasteiger partial charge < -0.3 is 5.32 Å². The summed E-state index contributed by atoms with van der Waals surface area (Å²) in [4.78, 5) is 0. The Labute approximate surface area is 95.0 Å². The molecule has 14 heavy (non-hydrogen) atoms. The van der Waals surface area contributed by atoms with E-state index in [4.69, 9.17) is 0 Å².